The van der Waals surface area contributed by atoms with Gasteiger partial charge in [0.2, 0.25) is 0 Å². The molecule has 3 rings (SSSR count). The zero-order chi connectivity index (χ0) is 23.3. The van der Waals surface area contributed by atoms with Crippen LogP contribution in [0, 0.1) is 0 Å². The number of halogens is 1. The fourth-order valence-electron chi connectivity index (χ4n) is 3.53. The standard InChI is InChI=1S/C26H33ClN4O2/c1-2-3-4-5-16-29-26(32)30-23-11-14-24(15-12-23)33-25(19-31-18-17-28-20-31)13-8-21-6-9-22(27)10-7-21/h6-7,9-12,14-15,17-18,20,25H,2-5,8,13,16,19H2,1H3,(H2,29,30,32). The molecule has 0 saturated carbocycles. The summed E-state index contributed by atoms with van der Waals surface area (Å²) >= 11 is 6.00. The summed E-state index contributed by atoms with van der Waals surface area (Å²) in [5, 5.41) is 6.51. The SMILES string of the molecule is CCCCCCNC(=O)Nc1ccc(OC(CCc2ccc(Cl)cc2)Cn2ccnc2)cc1. The summed E-state index contributed by atoms with van der Waals surface area (Å²) in [6.45, 7) is 3.57. The van der Waals surface area contributed by atoms with Crippen molar-refractivity contribution in [1.82, 2.24) is 14.9 Å². The lowest BCUT2D eigenvalue weighted by Crippen LogP contribution is -2.29. The number of imidazole rings is 1. The monoisotopic (exact) mass is 468 g/mol. The highest BCUT2D eigenvalue weighted by molar-refractivity contribution is 6.30. The molecule has 1 aromatic heterocycles. The Balaban J connectivity index is 1.52. The van der Waals surface area contributed by atoms with Crippen molar-refractivity contribution in [3.63, 3.8) is 0 Å². The molecule has 2 aromatic carbocycles. The molecule has 0 radical (unpaired) electrons. The van der Waals surface area contributed by atoms with Crippen LogP contribution in [0.25, 0.3) is 0 Å². The van der Waals surface area contributed by atoms with Crippen molar-refractivity contribution in [3.8, 4) is 5.75 Å². The number of hydrogen-bond donors (Lipinski definition) is 2. The second-order valence-electron chi connectivity index (χ2n) is 8.13. The van der Waals surface area contributed by atoms with Crippen LogP contribution in [0.5, 0.6) is 5.75 Å². The van der Waals surface area contributed by atoms with E-state index in [-0.39, 0.29) is 12.1 Å². The number of hydrogen-bond acceptors (Lipinski definition) is 3. The van der Waals surface area contributed by atoms with E-state index < -0.39 is 0 Å². The molecular weight excluding hydrogens is 436 g/mol. The van der Waals surface area contributed by atoms with Gasteiger partial charge < -0.3 is 19.9 Å². The molecule has 0 aliphatic heterocycles. The number of carbonyl (C=O) groups excluding carboxylic acids is 1. The van der Waals surface area contributed by atoms with Gasteiger partial charge in [-0.05, 0) is 61.2 Å². The number of rotatable bonds is 13. The van der Waals surface area contributed by atoms with E-state index in [4.69, 9.17) is 16.3 Å². The molecule has 7 heteroatoms. The number of urea groups is 1. The molecule has 1 atom stereocenters. The third kappa shape index (κ3) is 9.18. The predicted octanol–water partition coefficient (Wildman–Crippen LogP) is 6.32. The van der Waals surface area contributed by atoms with Crippen molar-refractivity contribution >= 4 is 23.3 Å². The summed E-state index contributed by atoms with van der Waals surface area (Å²) in [7, 11) is 0. The van der Waals surface area contributed by atoms with Gasteiger partial charge in [0.05, 0.1) is 12.9 Å². The maximum absolute atomic E-state index is 12.1. The highest BCUT2D eigenvalue weighted by Gasteiger charge is 2.13. The normalized spacial score (nSPS) is 11.7. The van der Waals surface area contributed by atoms with Crippen molar-refractivity contribution in [2.45, 2.75) is 58.1 Å². The Morgan fingerprint density at radius 3 is 2.58 bits per heavy atom. The molecule has 0 aliphatic carbocycles. The molecule has 0 aliphatic rings. The molecule has 0 saturated heterocycles. The highest BCUT2D eigenvalue weighted by Crippen LogP contribution is 2.20. The van der Waals surface area contributed by atoms with Crippen molar-refractivity contribution in [2.24, 2.45) is 0 Å². The van der Waals surface area contributed by atoms with E-state index in [1.54, 1.807) is 12.5 Å². The summed E-state index contributed by atoms with van der Waals surface area (Å²) in [6, 6.07) is 15.2. The van der Waals surface area contributed by atoms with Crippen LogP contribution in [-0.2, 0) is 13.0 Å². The van der Waals surface area contributed by atoms with E-state index in [0.29, 0.717) is 13.1 Å². The zero-order valence-corrected chi connectivity index (χ0v) is 19.9. The zero-order valence-electron chi connectivity index (χ0n) is 19.2. The van der Waals surface area contributed by atoms with Crippen LogP contribution >= 0.6 is 11.6 Å². The van der Waals surface area contributed by atoms with Gasteiger partial charge >= 0.3 is 6.03 Å². The van der Waals surface area contributed by atoms with Crippen LogP contribution in [0.2, 0.25) is 5.02 Å². The largest absolute Gasteiger partial charge is 0.489 e. The first-order valence-electron chi connectivity index (χ1n) is 11.6. The molecule has 3 aromatic rings. The van der Waals surface area contributed by atoms with Crippen LogP contribution in [0.1, 0.15) is 44.6 Å². The number of nitrogens with zero attached hydrogens (tertiary/aromatic N) is 2. The number of benzene rings is 2. The Morgan fingerprint density at radius 1 is 1.09 bits per heavy atom. The van der Waals surface area contributed by atoms with E-state index in [1.165, 1.54) is 18.4 Å². The van der Waals surface area contributed by atoms with Gasteiger partial charge in [0.25, 0.3) is 0 Å². The molecular formula is C26H33ClN4O2. The lowest BCUT2D eigenvalue weighted by molar-refractivity contribution is 0.170. The molecule has 176 valence electrons. The number of aryl methyl sites for hydroxylation is 1. The number of ether oxygens (including phenoxy) is 1. The minimum absolute atomic E-state index is 0.0277. The number of nitrogens with one attached hydrogen (secondary N) is 2. The van der Waals surface area contributed by atoms with Gasteiger partial charge in [0, 0.05) is 29.6 Å². The molecule has 0 spiro atoms. The van der Waals surface area contributed by atoms with Crippen molar-refractivity contribution in [3.05, 3.63) is 77.8 Å². The lowest BCUT2D eigenvalue weighted by Gasteiger charge is -2.20. The molecule has 2 amide bonds. The van der Waals surface area contributed by atoms with E-state index in [1.807, 2.05) is 59.3 Å². The summed E-state index contributed by atoms with van der Waals surface area (Å²) in [5.41, 5.74) is 1.96. The lowest BCUT2D eigenvalue weighted by atomic mass is 10.1. The fourth-order valence-corrected chi connectivity index (χ4v) is 3.66. The second kappa shape index (κ2) is 13.5. The van der Waals surface area contributed by atoms with Gasteiger partial charge in [0.1, 0.15) is 11.9 Å². The number of carbonyl (C=O) groups is 1. The van der Waals surface area contributed by atoms with Gasteiger partial charge in [0.15, 0.2) is 0 Å². The minimum Gasteiger partial charge on any atom is -0.489 e. The molecule has 33 heavy (non-hydrogen) atoms. The van der Waals surface area contributed by atoms with Crippen molar-refractivity contribution in [2.75, 3.05) is 11.9 Å². The average Bonchev–Trinajstić information content (AvgIpc) is 3.33. The van der Waals surface area contributed by atoms with Crippen molar-refractivity contribution < 1.29 is 9.53 Å². The Bertz CT molecular complexity index is 943. The maximum atomic E-state index is 12.1. The van der Waals surface area contributed by atoms with Crippen molar-refractivity contribution in [1.29, 1.82) is 0 Å². The van der Waals surface area contributed by atoms with E-state index in [0.717, 1.165) is 42.1 Å². The quantitative estimate of drug-likeness (QED) is 0.288. The van der Waals surface area contributed by atoms with Crippen LogP contribution in [-0.4, -0.2) is 28.2 Å². The smallest absolute Gasteiger partial charge is 0.319 e. The minimum atomic E-state index is -0.180. The first kappa shape index (κ1) is 24.6. The van der Waals surface area contributed by atoms with E-state index >= 15 is 0 Å². The van der Waals surface area contributed by atoms with Gasteiger partial charge in [-0.3, -0.25) is 0 Å². The summed E-state index contributed by atoms with van der Waals surface area (Å²) in [5.74, 6) is 0.766. The average molecular weight is 469 g/mol. The topological polar surface area (TPSA) is 68.2 Å². The van der Waals surface area contributed by atoms with Gasteiger partial charge in [-0.1, -0.05) is 49.9 Å². The van der Waals surface area contributed by atoms with E-state index in [9.17, 15) is 4.79 Å². The first-order chi connectivity index (χ1) is 16.1. The number of anilines is 1. The van der Waals surface area contributed by atoms with Crippen LogP contribution in [0.4, 0.5) is 10.5 Å². The Labute approximate surface area is 201 Å². The maximum Gasteiger partial charge on any atom is 0.319 e. The second-order valence-corrected chi connectivity index (χ2v) is 8.57. The third-order valence-electron chi connectivity index (χ3n) is 5.37. The Morgan fingerprint density at radius 2 is 1.88 bits per heavy atom. The Hall–Kier alpha value is -2.99. The number of unbranched alkanes of at least 4 members (excludes halogenated alkanes) is 3. The van der Waals surface area contributed by atoms with Crippen LogP contribution in [0.15, 0.2) is 67.3 Å². The van der Waals surface area contributed by atoms with Gasteiger partial charge in [-0.2, -0.15) is 0 Å². The molecule has 2 N–H and O–H groups in total. The third-order valence-corrected chi connectivity index (χ3v) is 5.62. The number of aromatic nitrogens is 2. The van der Waals surface area contributed by atoms with Gasteiger partial charge in [-0.25, -0.2) is 9.78 Å². The summed E-state index contributed by atoms with van der Waals surface area (Å²) in [4.78, 5) is 16.2. The van der Waals surface area contributed by atoms with Gasteiger partial charge in [-0.15, -0.1) is 0 Å². The molecule has 1 heterocycles. The molecule has 0 bridgehead atoms. The number of amides is 2. The fraction of sp³-hybridized carbons (Fsp3) is 0.385. The highest BCUT2D eigenvalue weighted by atomic mass is 35.5. The Kier molecular flexibility index (Phi) is 10.1. The van der Waals surface area contributed by atoms with Crippen LogP contribution < -0.4 is 15.4 Å². The summed E-state index contributed by atoms with van der Waals surface area (Å²) in [6.07, 6.45) is 11.7. The molecule has 6 nitrogen and oxygen atoms in total. The molecule has 0 fully saturated rings. The van der Waals surface area contributed by atoms with Crippen LogP contribution in [0.3, 0.4) is 0 Å². The molecule has 1 unspecified atom stereocenters. The summed E-state index contributed by atoms with van der Waals surface area (Å²) < 4.78 is 8.31. The predicted molar refractivity (Wildman–Crippen MR) is 134 cm³/mol. The van der Waals surface area contributed by atoms with E-state index in [2.05, 4.69) is 22.5 Å². The first-order valence-corrected chi connectivity index (χ1v) is 12.0.